The second-order valence-corrected chi connectivity index (χ2v) is 6.48. The smallest absolute Gasteiger partial charge is 0.399 e. The van der Waals surface area contributed by atoms with Crippen LogP contribution >= 0.6 is 22.9 Å². The minimum Gasteiger partial charge on any atom is -0.399 e. The number of hydrogen-bond donors (Lipinski definition) is 0. The monoisotopic (exact) mass is 244 g/mol. The summed E-state index contributed by atoms with van der Waals surface area (Å²) in [5, 5.41) is 0. The molecule has 0 aromatic carbocycles. The molecule has 0 radical (unpaired) electrons. The summed E-state index contributed by atoms with van der Waals surface area (Å²) >= 11 is 7.39. The Morgan fingerprint density at radius 1 is 1.13 bits per heavy atom. The van der Waals surface area contributed by atoms with E-state index in [1.807, 2.05) is 39.8 Å². The molecule has 82 valence electrons. The quantitative estimate of drug-likeness (QED) is 0.707. The topological polar surface area (TPSA) is 18.5 Å². The van der Waals surface area contributed by atoms with Crippen LogP contribution in [-0.2, 0) is 9.31 Å². The Morgan fingerprint density at radius 3 is 2.07 bits per heavy atom. The van der Waals surface area contributed by atoms with Gasteiger partial charge in [-0.15, -0.1) is 11.3 Å². The van der Waals surface area contributed by atoms with Crippen LogP contribution in [0.15, 0.2) is 12.1 Å². The van der Waals surface area contributed by atoms with E-state index in [1.54, 1.807) is 0 Å². The van der Waals surface area contributed by atoms with Crippen molar-refractivity contribution in [1.29, 1.82) is 0 Å². The molecule has 0 saturated carbocycles. The highest BCUT2D eigenvalue weighted by Gasteiger charge is 2.52. The zero-order chi connectivity index (χ0) is 11.3. The molecule has 1 aliphatic heterocycles. The van der Waals surface area contributed by atoms with Gasteiger partial charge >= 0.3 is 7.12 Å². The van der Waals surface area contributed by atoms with Gasteiger partial charge in [0.05, 0.1) is 15.5 Å². The van der Waals surface area contributed by atoms with Crippen molar-refractivity contribution in [3.63, 3.8) is 0 Å². The van der Waals surface area contributed by atoms with Gasteiger partial charge in [-0.05, 0) is 33.8 Å². The highest BCUT2D eigenvalue weighted by molar-refractivity contribution is 7.25. The highest BCUT2D eigenvalue weighted by atomic mass is 35.5. The summed E-state index contributed by atoms with van der Waals surface area (Å²) < 4.78 is 13.6. The van der Waals surface area contributed by atoms with E-state index in [0.29, 0.717) is 0 Å². The van der Waals surface area contributed by atoms with E-state index in [2.05, 4.69) is 0 Å². The molecule has 1 aromatic rings. The Labute approximate surface area is 99.7 Å². The fraction of sp³-hybridized carbons (Fsp3) is 0.600. The molecule has 2 heterocycles. The summed E-state index contributed by atoms with van der Waals surface area (Å²) in [6.07, 6.45) is 0. The van der Waals surface area contributed by atoms with Crippen LogP contribution in [0, 0.1) is 0 Å². The molecular formula is C10H14BClO2S. The number of rotatable bonds is 1. The molecule has 0 amide bonds. The van der Waals surface area contributed by atoms with Crippen LogP contribution in [0.2, 0.25) is 4.34 Å². The fourth-order valence-corrected chi connectivity index (χ4v) is 2.43. The van der Waals surface area contributed by atoms with Gasteiger partial charge in [-0.2, -0.15) is 0 Å². The molecule has 5 heteroatoms. The number of halogens is 1. The average molecular weight is 245 g/mol. The molecule has 15 heavy (non-hydrogen) atoms. The normalized spacial score (nSPS) is 23.4. The Morgan fingerprint density at radius 2 is 1.67 bits per heavy atom. The summed E-state index contributed by atoms with van der Waals surface area (Å²) in [4.78, 5) is 0. The molecule has 0 aliphatic carbocycles. The van der Waals surface area contributed by atoms with E-state index in [-0.39, 0.29) is 18.3 Å². The second kappa shape index (κ2) is 3.49. The molecule has 1 aliphatic rings. The molecule has 1 aromatic heterocycles. The minimum absolute atomic E-state index is 0.284. The van der Waals surface area contributed by atoms with Gasteiger partial charge in [0.2, 0.25) is 0 Å². The van der Waals surface area contributed by atoms with Crippen LogP contribution in [0.4, 0.5) is 0 Å². The highest BCUT2D eigenvalue weighted by Crippen LogP contribution is 2.37. The maximum absolute atomic E-state index is 5.89. The molecule has 0 unspecified atom stereocenters. The average Bonchev–Trinajstić information content (AvgIpc) is 2.56. The lowest BCUT2D eigenvalue weighted by atomic mass is 9.88. The Bertz CT molecular complexity index is 359. The van der Waals surface area contributed by atoms with E-state index in [0.717, 1.165) is 9.11 Å². The Balaban J connectivity index is 2.23. The largest absolute Gasteiger partial charge is 0.505 e. The number of hydrogen-bond acceptors (Lipinski definition) is 3. The maximum atomic E-state index is 5.89. The van der Waals surface area contributed by atoms with Crippen molar-refractivity contribution in [2.75, 3.05) is 0 Å². The zero-order valence-electron chi connectivity index (χ0n) is 9.33. The van der Waals surface area contributed by atoms with Crippen LogP contribution in [0.3, 0.4) is 0 Å². The third-order valence-corrected chi connectivity index (χ3v) is 4.33. The van der Waals surface area contributed by atoms with Crippen molar-refractivity contribution >= 4 is 34.8 Å². The third kappa shape index (κ3) is 1.96. The fourth-order valence-electron chi connectivity index (χ4n) is 1.41. The minimum atomic E-state index is -0.285. The van der Waals surface area contributed by atoms with Crippen molar-refractivity contribution in [2.24, 2.45) is 0 Å². The molecule has 0 spiro atoms. The van der Waals surface area contributed by atoms with Gasteiger partial charge < -0.3 is 9.31 Å². The van der Waals surface area contributed by atoms with Crippen molar-refractivity contribution in [3.8, 4) is 0 Å². The lowest BCUT2D eigenvalue weighted by Gasteiger charge is -2.32. The first kappa shape index (κ1) is 11.5. The second-order valence-electron chi connectivity index (χ2n) is 4.73. The van der Waals surface area contributed by atoms with Gasteiger partial charge in [0.1, 0.15) is 0 Å². The first-order chi connectivity index (χ1) is 6.82. The van der Waals surface area contributed by atoms with Crippen molar-refractivity contribution in [1.82, 2.24) is 0 Å². The molecule has 0 atom stereocenters. The summed E-state index contributed by atoms with van der Waals surface area (Å²) in [6, 6.07) is 3.82. The van der Waals surface area contributed by atoms with Crippen LogP contribution in [0.5, 0.6) is 0 Å². The number of thiophene rings is 1. The van der Waals surface area contributed by atoms with Crippen LogP contribution in [-0.4, -0.2) is 18.3 Å². The summed E-state index contributed by atoms with van der Waals surface area (Å²) in [7, 11) is -0.285. The van der Waals surface area contributed by atoms with E-state index in [9.17, 15) is 0 Å². The van der Waals surface area contributed by atoms with Gasteiger partial charge in [0.25, 0.3) is 0 Å². The summed E-state index contributed by atoms with van der Waals surface area (Å²) in [6.45, 7) is 8.18. The van der Waals surface area contributed by atoms with E-state index >= 15 is 0 Å². The predicted octanol–water partition coefficient (Wildman–Crippen LogP) is 2.70. The summed E-state index contributed by atoms with van der Waals surface area (Å²) in [5.41, 5.74) is -0.567. The molecule has 1 saturated heterocycles. The standard InChI is InChI=1S/C10H14BClO2S/c1-9(2)10(3,4)14-11(13-9)7-5-6-8(12)15-7/h5-6H,1-4H3. The maximum Gasteiger partial charge on any atom is 0.505 e. The third-order valence-electron chi connectivity index (χ3n) is 3.08. The van der Waals surface area contributed by atoms with Gasteiger partial charge in [-0.25, -0.2) is 0 Å². The molecule has 0 bridgehead atoms. The van der Waals surface area contributed by atoms with Crippen molar-refractivity contribution in [2.45, 2.75) is 38.9 Å². The Kier molecular flexibility index (Phi) is 2.66. The molecule has 2 nitrogen and oxygen atoms in total. The zero-order valence-corrected chi connectivity index (χ0v) is 10.9. The van der Waals surface area contributed by atoms with Gasteiger partial charge in [-0.1, -0.05) is 17.7 Å². The lowest BCUT2D eigenvalue weighted by molar-refractivity contribution is 0.00578. The Hall–Kier alpha value is -0.0251. The SMILES string of the molecule is CC1(C)OB(c2ccc(Cl)s2)OC1(C)C. The van der Waals surface area contributed by atoms with E-state index in [4.69, 9.17) is 20.9 Å². The first-order valence-corrected chi connectivity index (χ1v) is 6.12. The molecule has 2 rings (SSSR count). The molecular weight excluding hydrogens is 230 g/mol. The van der Waals surface area contributed by atoms with E-state index in [1.165, 1.54) is 11.3 Å². The van der Waals surface area contributed by atoms with Gasteiger partial charge in [0, 0.05) is 4.78 Å². The van der Waals surface area contributed by atoms with Gasteiger partial charge in [-0.3, -0.25) is 0 Å². The molecule has 0 N–H and O–H groups in total. The van der Waals surface area contributed by atoms with Crippen LogP contribution < -0.4 is 4.78 Å². The van der Waals surface area contributed by atoms with Crippen LogP contribution in [0.1, 0.15) is 27.7 Å². The summed E-state index contributed by atoms with van der Waals surface area (Å²) in [5.74, 6) is 0. The van der Waals surface area contributed by atoms with E-state index < -0.39 is 0 Å². The lowest BCUT2D eigenvalue weighted by Crippen LogP contribution is -2.41. The van der Waals surface area contributed by atoms with Gasteiger partial charge in [0.15, 0.2) is 0 Å². The van der Waals surface area contributed by atoms with Crippen LogP contribution in [0.25, 0.3) is 0 Å². The molecule has 1 fully saturated rings. The first-order valence-electron chi connectivity index (χ1n) is 4.93. The predicted molar refractivity (Wildman–Crippen MR) is 65.0 cm³/mol. The van der Waals surface area contributed by atoms with Crippen molar-refractivity contribution in [3.05, 3.63) is 16.5 Å². The van der Waals surface area contributed by atoms with Crippen molar-refractivity contribution < 1.29 is 9.31 Å².